The highest BCUT2D eigenvalue weighted by atomic mass is 79.9. The van der Waals surface area contributed by atoms with E-state index in [1.54, 1.807) is 19.1 Å². The number of carbonyl (C=O) groups excluding carboxylic acids is 1. The van der Waals surface area contributed by atoms with E-state index in [4.69, 9.17) is 22.1 Å². The molecule has 0 unspecified atom stereocenters. The molecule has 0 fully saturated rings. The van der Waals surface area contributed by atoms with Crippen LogP contribution in [0.2, 0.25) is 5.02 Å². The van der Waals surface area contributed by atoms with Crippen molar-refractivity contribution in [2.75, 3.05) is 6.61 Å². The fraction of sp³-hybridized carbons (Fsp3) is 0.364. The van der Waals surface area contributed by atoms with E-state index < -0.39 is 12.0 Å². The first kappa shape index (κ1) is 13.5. The van der Waals surface area contributed by atoms with E-state index in [2.05, 4.69) is 15.9 Å². The van der Waals surface area contributed by atoms with Crippen LogP contribution in [0.15, 0.2) is 22.7 Å². The number of ether oxygens (including phenoxy) is 1. The summed E-state index contributed by atoms with van der Waals surface area (Å²) in [6.07, 6.45) is 0.403. The zero-order valence-electron chi connectivity index (χ0n) is 8.87. The van der Waals surface area contributed by atoms with Gasteiger partial charge in [-0.05, 0) is 37.1 Å². The Hall–Kier alpha value is -0.580. The van der Waals surface area contributed by atoms with Gasteiger partial charge in [0.05, 0.1) is 6.61 Å². The van der Waals surface area contributed by atoms with Crippen LogP contribution < -0.4 is 5.73 Å². The Bertz CT molecular complexity index is 384. The Morgan fingerprint density at radius 3 is 2.94 bits per heavy atom. The van der Waals surface area contributed by atoms with Crippen molar-refractivity contribution in [3.8, 4) is 0 Å². The highest BCUT2D eigenvalue weighted by Crippen LogP contribution is 2.22. The SMILES string of the molecule is CCOC(=O)[C@@H](N)Cc1cc(Cl)ccc1Br. The summed E-state index contributed by atoms with van der Waals surface area (Å²) in [4.78, 5) is 11.3. The molecule has 0 bridgehead atoms. The third-order valence-electron chi connectivity index (χ3n) is 2.04. The van der Waals surface area contributed by atoms with Crippen LogP contribution in [-0.2, 0) is 16.0 Å². The van der Waals surface area contributed by atoms with Crippen molar-refractivity contribution in [2.45, 2.75) is 19.4 Å². The smallest absolute Gasteiger partial charge is 0.323 e. The van der Waals surface area contributed by atoms with Crippen molar-refractivity contribution in [2.24, 2.45) is 5.73 Å². The Morgan fingerprint density at radius 2 is 2.31 bits per heavy atom. The Morgan fingerprint density at radius 1 is 1.62 bits per heavy atom. The normalized spacial score (nSPS) is 12.2. The maximum Gasteiger partial charge on any atom is 0.323 e. The standard InChI is InChI=1S/C11H13BrClNO2/c1-2-16-11(15)10(14)6-7-5-8(13)3-4-9(7)12/h3-5,10H,2,6,14H2,1H3/t10-/m0/s1. The van der Waals surface area contributed by atoms with Crippen LogP contribution in [0.5, 0.6) is 0 Å². The number of hydrogen-bond acceptors (Lipinski definition) is 3. The van der Waals surface area contributed by atoms with Crippen molar-refractivity contribution in [3.05, 3.63) is 33.3 Å². The van der Waals surface area contributed by atoms with Crippen molar-refractivity contribution in [3.63, 3.8) is 0 Å². The van der Waals surface area contributed by atoms with E-state index in [1.165, 1.54) is 0 Å². The van der Waals surface area contributed by atoms with Crippen molar-refractivity contribution in [1.82, 2.24) is 0 Å². The topological polar surface area (TPSA) is 52.3 Å². The molecule has 1 rings (SSSR count). The minimum absolute atomic E-state index is 0.337. The molecule has 2 N–H and O–H groups in total. The zero-order chi connectivity index (χ0) is 12.1. The first-order valence-electron chi connectivity index (χ1n) is 4.90. The Kier molecular flexibility index (Phi) is 5.25. The molecule has 16 heavy (non-hydrogen) atoms. The van der Waals surface area contributed by atoms with Gasteiger partial charge in [0.1, 0.15) is 6.04 Å². The van der Waals surface area contributed by atoms with E-state index in [0.29, 0.717) is 18.1 Å². The minimum atomic E-state index is -0.658. The summed E-state index contributed by atoms with van der Waals surface area (Å²) in [5, 5.41) is 0.620. The average molecular weight is 307 g/mol. The zero-order valence-corrected chi connectivity index (χ0v) is 11.2. The monoisotopic (exact) mass is 305 g/mol. The van der Waals surface area contributed by atoms with E-state index in [1.807, 2.05) is 6.07 Å². The second kappa shape index (κ2) is 6.23. The van der Waals surface area contributed by atoms with Gasteiger partial charge in [-0.1, -0.05) is 27.5 Å². The van der Waals surface area contributed by atoms with E-state index in [0.717, 1.165) is 10.0 Å². The largest absolute Gasteiger partial charge is 0.465 e. The van der Waals surface area contributed by atoms with Gasteiger partial charge in [0.15, 0.2) is 0 Å². The van der Waals surface area contributed by atoms with Crippen molar-refractivity contribution in [1.29, 1.82) is 0 Å². The van der Waals surface area contributed by atoms with Crippen LogP contribution in [0.4, 0.5) is 0 Å². The highest BCUT2D eigenvalue weighted by Gasteiger charge is 2.16. The Balaban J connectivity index is 2.72. The fourth-order valence-electron chi connectivity index (χ4n) is 1.27. The van der Waals surface area contributed by atoms with Crippen LogP contribution in [0.25, 0.3) is 0 Å². The van der Waals surface area contributed by atoms with Gasteiger partial charge >= 0.3 is 5.97 Å². The number of benzene rings is 1. The number of nitrogens with two attached hydrogens (primary N) is 1. The van der Waals surface area contributed by atoms with Crippen LogP contribution in [-0.4, -0.2) is 18.6 Å². The van der Waals surface area contributed by atoms with Crippen molar-refractivity contribution < 1.29 is 9.53 Å². The van der Waals surface area contributed by atoms with Gasteiger partial charge in [-0.2, -0.15) is 0 Å². The number of hydrogen-bond donors (Lipinski definition) is 1. The van der Waals surface area contributed by atoms with Crippen LogP contribution >= 0.6 is 27.5 Å². The van der Waals surface area contributed by atoms with Gasteiger partial charge in [-0.25, -0.2) is 0 Å². The molecule has 5 heteroatoms. The maximum atomic E-state index is 11.3. The molecule has 1 atom stereocenters. The molecule has 0 saturated heterocycles. The van der Waals surface area contributed by atoms with E-state index in [-0.39, 0.29) is 0 Å². The van der Waals surface area contributed by atoms with Crippen LogP contribution in [0.3, 0.4) is 0 Å². The number of rotatable bonds is 4. The second-order valence-electron chi connectivity index (χ2n) is 3.30. The molecule has 0 aliphatic heterocycles. The molecule has 0 amide bonds. The minimum Gasteiger partial charge on any atom is -0.465 e. The molecule has 0 aliphatic carbocycles. The molecular weight excluding hydrogens is 293 g/mol. The summed E-state index contributed by atoms with van der Waals surface area (Å²) >= 11 is 9.24. The third kappa shape index (κ3) is 3.77. The molecule has 0 aliphatic rings. The van der Waals surface area contributed by atoms with Crippen LogP contribution in [0.1, 0.15) is 12.5 Å². The van der Waals surface area contributed by atoms with Gasteiger partial charge < -0.3 is 10.5 Å². The predicted molar refractivity (Wildman–Crippen MR) is 67.5 cm³/mol. The molecule has 88 valence electrons. The fourth-order valence-corrected chi connectivity index (χ4v) is 1.87. The summed E-state index contributed by atoms with van der Waals surface area (Å²) in [5.41, 5.74) is 6.61. The van der Waals surface area contributed by atoms with Crippen LogP contribution in [0, 0.1) is 0 Å². The van der Waals surface area contributed by atoms with Gasteiger partial charge in [0.25, 0.3) is 0 Å². The molecule has 0 aromatic heterocycles. The summed E-state index contributed by atoms with van der Waals surface area (Å²) in [5.74, 6) is -0.394. The molecular formula is C11H13BrClNO2. The summed E-state index contributed by atoms with van der Waals surface area (Å²) in [6.45, 7) is 2.09. The quantitative estimate of drug-likeness (QED) is 0.870. The molecule has 0 heterocycles. The summed E-state index contributed by atoms with van der Waals surface area (Å²) < 4.78 is 5.72. The average Bonchev–Trinajstić information content (AvgIpc) is 2.23. The van der Waals surface area contributed by atoms with Gasteiger partial charge in [0.2, 0.25) is 0 Å². The maximum absolute atomic E-state index is 11.3. The number of esters is 1. The molecule has 0 radical (unpaired) electrons. The highest BCUT2D eigenvalue weighted by molar-refractivity contribution is 9.10. The predicted octanol–water partition coefficient (Wildman–Crippen LogP) is 2.54. The molecule has 1 aromatic rings. The van der Waals surface area contributed by atoms with E-state index >= 15 is 0 Å². The Labute approximate surface area is 108 Å². The lowest BCUT2D eigenvalue weighted by Crippen LogP contribution is -2.34. The lowest BCUT2D eigenvalue weighted by atomic mass is 10.1. The number of halogens is 2. The molecule has 1 aromatic carbocycles. The van der Waals surface area contributed by atoms with Gasteiger partial charge in [-0.15, -0.1) is 0 Å². The first-order valence-corrected chi connectivity index (χ1v) is 6.07. The van der Waals surface area contributed by atoms with Gasteiger partial charge in [-0.3, -0.25) is 4.79 Å². The molecule has 0 spiro atoms. The lowest BCUT2D eigenvalue weighted by molar-refractivity contribution is -0.144. The number of carbonyl (C=O) groups is 1. The van der Waals surface area contributed by atoms with Gasteiger partial charge in [0, 0.05) is 9.50 Å². The molecule has 3 nitrogen and oxygen atoms in total. The second-order valence-corrected chi connectivity index (χ2v) is 4.59. The first-order chi connectivity index (χ1) is 7.54. The molecule has 0 saturated carbocycles. The van der Waals surface area contributed by atoms with E-state index in [9.17, 15) is 4.79 Å². The summed E-state index contributed by atoms with van der Waals surface area (Å²) in [7, 11) is 0. The summed E-state index contributed by atoms with van der Waals surface area (Å²) in [6, 6.07) is 4.72. The third-order valence-corrected chi connectivity index (χ3v) is 3.05. The lowest BCUT2D eigenvalue weighted by Gasteiger charge is -2.11. The van der Waals surface area contributed by atoms with Crippen molar-refractivity contribution >= 4 is 33.5 Å².